The van der Waals surface area contributed by atoms with Gasteiger partial charge in [0.1, 0.15) is 6.54 Å². The van der Waals surface area contributed by atoms with E-state index in [1.807, 2.05) is 30.0 Å². The second-order valence-corrected chi connectivity index (χ2v) is 4.47. The fourth-order valence-electron chi connectivity index (χ4n) is 1.58. The number of rotatable bonds is 7. The molecule has 0 aliphatic heterocycles. The van der Waals surface area contributed by atoms with Crippen LogP contribution in [0, 0.1) is 0 Å². The Morgan fingerprint density at radius 2 is 2.05 bits per heavy atom. The molecule has 0 fully saturated rings. The predicted octanol–water partition coefficient (Wildman–Crippen LogP) is 1.36. The molecule has 5 nitrogen and oxygen atoms in total. The molecule has 0 atom stereocenters. The SMILES string of the molecule is CCN(CC(=O)NCC(=O)O)Cc1ccccc1Cl. The maximum absolute atomic E-state index is 11.5. The third-order valence-corrected chi connectivity index (χ3v) is 2.97. The number of halogens is 1. The van der Waals surface area contributed by atoms with Crippen LogP contribution in [0.25, 0.3) is 0 Å². The highest BCUT2D eigenvalue weighted by atomic mass is 35.5. The molecule has 0 saturated heterocycles. The van der Waals surface area contributed by atoms with Crippen molar-refractivity contribution in [2.75, 3.05) is 19.6 Å². The molecule has 104 valence electrons. The van der Waals surface area contributed by atoms with Crippen LogP contribution >= 0.6 is 11.6 Å². The van der Waals surface area contributed by atoms with Crippen LogP contribution in [-0.4, -0.2) is 41.5 Å². The highest BCUT2D eigenvalue weighted by Crippen LogP contribution is 2.16. The second-order valence-electron chi connectivity index (χ2n) is 4.07. The first-order chi connectivity index (χ1) is 9.02. The fourth-order valence-corrected chi connectivity index (χ4v) is 1.78. The molecule has 0 aromatic heterocycles. The lowest BCUT2D eigenvalue weighted by Crippen LogP contribution is -2.39. The molecular weight excluding hydrogens is 268 g/mol. The van der Waals surface area contributed by atoms with E-state index in [0.29, 0.717) is 18.1 Å². The van der Waals surface area contributed by atoms with Crippen LogP contribution in [0.4, 0.5) is 0 Å². The average molecular weight is 285 g/mol. The summed E-state index contributed by atoms with van der Waals surface area (Å²) in [7, 11) is 0. The van der Waals surface area contributed by atoms with Gasteiger partial charge in [0.05, 0.1) is 6.54 Å². The minimum absolute atomic E-state index is 0.148. The predicted molar refractivity (Wildman–Crippen MR) is 73.0 cm³/mol. The third kappa shape index (κ3) is 5.72. The summed E-state index contributed by atoms with van der Waals surface area (Å²) in [5, 5.41) is 11.5. The smallest absolute Gasteiger partial charge is 0.322 e. The lowest BCUT2D eigenvalue weighted by Gasteiger charge is -2.20. The van der Waals surface area contributed by atoms with E-state index in [1.165, 1.54) is 0 Å². The van der Waals surface area contributed by atoms with Gasteiger partial charge in [-0.15, -0.1) is 0 Å². The largest absolute Gasteiger partial charge is 0.480 e. The molecule has 0 saturated carbocycles. The number of benzene rings is 1. The quantitative estimate of drug-likeness (QED) is 0.793. The lowest BCUT2D eigenvalue weighted by molar-refractivity contribution is -0.138. The number of hydrogen-bond acceptors (Lipinski definition) is 3. The first-order valence-electron chi connectivity index (χ1n) is 5.97. The van der Waals surface area contributed by atoms with Crippen LogP contribution in [0.2, 0.25) is 5.02 Å². The van der Waals surface area contributed by atoms with Crippen molar-refractivity contribution in [3.05, 3.63) is 34.9 Å². The molecule has 0 bridgehead atoms. The number of likely N-dealkylation sites (N-methyl/N-ethyl adjacent to an activating group) is 1. The summed E-state index contributed by atoms with van der Waals surface area (Å²) in [4.78, 5) is 23.8. The van der Waals surface area contributed by atoms with Crippen molar-refractivity contribution < 1.29 is 14.7 Å². The monoisotopic (exact) mass is 284 g/mol. The van der Waals surface area contributed by atoms with Gasteiger partial charge in [-0.05, 0) is 18.2 Å². The number of carboxylic acid groups (broad SMARTS) is 1. The Morgan fingerprint density at radius 3 is 2.63 bits per heavy atom. The molecule has 2 N–H and O–H groups in total. The van der Waals surface area contributed by atoms with Crippen molar-refractivity contribution >= 4 is 23.5 Å². The molecule has 19 heavy (non-hydrogen) atoms. The molecule has 0 radical (unpaired) electrons. The standard InChI is InChI=1S/C13H17ClN2O3/c1-2-16(9-12(17)15-7-13(18)19)8-10-5-3-4-6-11(10)14/h3-6H,2,7-9H2,1H3,(H,15,17)(H,18,19). The Bertz CT molecular complexity index is 451. The maximum atomic E-state index is 11.5. The number of hydrogen-bond donors (Lipinski definition) is 2. The lowest BCUT2D eigenvalue weighted by atomic mass is 10.2. The molecule has 1 rings (SSSR count). The van der Waals surface area contributed by atoms with Crippen LogP contribution in [0.15, 0.2) is 24.3 Å². The van der Waals surface area contributed by atoms with Crippen LogP contribution in [0.1, 0.15) is 12.5 Å². The van der Waals surface area contributed by atoms with E-state index in [4.69, 9.17) is 16.7 Å². The summed E-state index contributed by atoms with van der Waals surface area (Å²) in [6.07, 6.45) is 0. The van der Waals surface area contributed by atoms with Crippen molar-refractivity contribution in [3.8, 4) is 0 Å². The minimum Gasteiger partial charge on any atom is -0.480 e. The van der Waals surface area contributed by atoms with Crippen molar-refractivity contribution in [1.82, 2.24) is 10.2 Å². The van der Waals surface area contributed by atoms with Gasteiger partial charge in [0, 0.05) is 11.6 Å². The molecule has 0 aliphatic carbocycles. The molecule has 0 spiro atoms. The summed E-state index contributed by atoms with van der Waals surface area (Å²) in [6, 6.07) is 7.44. The van der Waals surface area contributed by atoms with Gasteiger partial charge in [-0.1, -0.05) is 36.7 Å². The second kappa shape index (κ2) is 7.76. The number of carboxylic acids is 1. The van der Waals surface area contributed by atoms with Crippen LogP contribution in [0.5, 0.6) is 0 Å². The molecule has 0 unspecified atom stereocenters. The number of carbonyl (C=O) groups excluding carboxylic acids is 1. The van der Waals surface area contributed by atoms with Gasteiger partial charge in [0.2, 0.25) is 5.91 Å². The summed E-state index contributed by atoms with van der Waals surface area (Å²) >= 11 is 6.06. The highest BCUT2D eigenvalue weighted by Gasteiger charge is 2.11. The minimum atomic E-state index is -1.05. The van der Waals surface area contributed by atoms with Gasteiger partial charge in [-0.2, -0.15) is 0 Å². The number of aliphatic carboxylic acids is 1. The maximum Gasteiger partial charge on any atom is 0.322 e. The highest BCUT2D eigenvalue weighted by molar-refractivity contribution is 6.31. The summed E-state index contributed by atoms with van der Waals surface area (Å²) < 4.78 is 0. The first kappa shape index (κ1) is 15.5. The molecule has 1 aromatic carbocycles. The zero-order chi connectivity index (χ0) is 14.3. The van der Waals surface area contributed by atoms with Crippen molar-refractivity contribution in [1.29, 1.82) is 0 Å². The van der Waals surface area contributed by atoms with Crippen molar-refractivity contribution in [2.45, 2.75) is 13.5 Å². The molecular formula is C13H17ClN2O3. The molecule has 1 aromatic rings. The average Bonchev–Trinajstić information content (AvgIpc) is 2.38. The van der Waals surface area contributed by atoms with E-state index in [0.717, 1.165) is 5.56 Å². The van der Waals surface area contributed by atoms with Crippen LogP contribution in [0.3, 0.4) is 0 Å². The normalized spacial score (nSPS) is 10.5. The van der Waals surface area contributed by atoms with Crippen molar-refractivity contribution in [3.63, 3.8) is 0 Å². The molecule has 0 heterocycles. The van der Waals surface area contributed by atoms with Gasteiger partial charge in [-0.3, -0.25) is 14.5 Å². The van der Waals surface area contributed by atoms with Gasteiger partial charge in [-0.25, -0.2) is 0 Å². The zero-order valence-electron chi connectivity index (χ0n) is 10.7. The molecule has 6 heteroatoms. The summed E-state index contributed by atoms with van der Waals surface area (Å²) in [5.74, 6) is -1.36. The Kier molecular flexibility index (Phi) is 6.32. The molecule has 1 amide bonds. The van der Waals surface area contributed by atoms with Gasteiger partial charge >= 0.3 is 5.97 Å². The van der Waals surface area contributed by atoms with E-state index in [9.17, 15) is 9.59 Å². The number of amides is 1. The Balaban J connectivity index is 2.52. The zero-order valence-corrected chi connectivity index (χ0v) is 11.5. The summed E-state index contributed by atoms with van der Waals surface area (Å²) in [5.41, 5.74) is 0.942. The Morgan fingerprint density at radius 1 is 1.37 bits per heavy atom. The van der Waals surface area contributed by atoms with E-state index in [1.54, 1.807) is 6.07 Å². The Hall–Kier alpha value is -1.59. The van der Waals surface area contributed by atoms with Gasteiger partial charge < -0.3 is 10.4 Å². The van der Waals surface area contributed by atoms with Crippen LogP contribution < -0.4 is 5.32 Å². The topological polar surface area (TPSA) is 69.6 Å². The number of carbonyl (C=O) groups is 2. The van der Waals surface area contributed by atoms with E-state index in [2.05, 4.69) is 5.32 Å². The van der Waals surface area contributed by atoms with Crippen LogP contribution in [-0.2, 0) is 16.1 Å². The summed E-state index contributed by atoms with van der Waals surface area (Å²) in [6.45, 7) is 2.95. The number of nitrogens with one attached hydrogen (secondary N) is 1. The van der Waals surface area contributed by atoms with E-state index >= 15 is 0 Å². The van der Waals surface area contributed by atoms with Gasteiger partial charge in [0.15, 0.2) is 0 Å². The first-order valence-corrected chi connectivity index (χ1v) is 6.35. The molecule has 0 aliphatic rings. The van der Waals surface area contributed by atoms with E-state index in [-0.39, 0.29) is 19.0 Å². The number of nitrogens with zero attached hydrogens (tertiary/aromatic N) is 1. The van der Waals surface area contributed by atoms with Crippen molar-refractivity contribution in [2.24, 2.45) is 0 Å². The third-order valence-electron chi connectivity index (χ3n) is 2.60. The Labute approximate surface area is 117 Å². The van der Waals surface area contributed by atoms with Gasteiger partial charge in [0.25, 0.3) is 0 Å². The van der Waals surface area contributed by atoms with E-state index < -0.39 is 5.97 Å². The fraction of sp³-hybridized carbons (Fsp3) is 0.385.